The van der Waals surface area contributed by atoms with E-state index in [2.05, 4.69) is 11.1 Å². The molecule has 0 spiro atoms. The highest BCUT2D eigenvalue weighted by Gasteiger charge is 2.23. The lowest BCUT2D eigenvalue weighted by Gasteiger charge is -2.23. The molecule has 0 saturated carbocycles. The molecule has 17 heavy (non-hydrogen) atoms. The molecule has 0 radical (unpaired) electrons. The first kappa shape index (κ1) is 11.1. The van der Waals surface area contributed by atoms with E-state index in [1.807, 2.05) is 23.6 Å². The third-order valence-electron chi connectivity index (χ3n) is 2.52. The van der Waals surface area contributed by atoms with Gasteiger partial charge in [-0.15, -0.1) is 23.1 Å². The predicted octanol–water partition coefficient (Wildman–Crippen LogP) is 2.86. The molecule has 1 aliphatic heterocycles. The van der Waals surface area contributed by atoms with Crippen molar-refractivity contribution >= 4 is 23.1 Å². The fourth-order valence-electron chi connectivity index (χ4n) is 1.68. The Hall–Kier alpha value is -1.04. The first-order valence-corrected chi connectivity index (χ1v) is 7.17. The van der Waals surface area contributed by atoms with E-state index >= 15 is 0 Å². The molecule has 0 saturated heterocycles. The molecule has 3 rings (SSSR count). The van der Waals surface area contributed by atoms with Crippen molar-refractivity contribution in [2.45, 2.75) is 17.6 Å². The van der Waals surface area contributed by atoms with Crippen LogP contribution in [0.25, 0.3) is 0 Å². The summed E-state index contributed by atoms with van der Waals surface area (Å²) in [7, 11) is 0. The molecule has 1 atom stereocenters. The Balaban J connectivity index is 1.84. The number of aliphatic hydroxyl groups excluding tert-OH is 1. The summed E-state index contributed by atoms with van der Waals surface area (Å²) in [4.78, 5) is 5.54. The van der Waals surface area contributed by atoms with Gasteiger partial charge in [0.05, 0.1) is 12.3 Å². The van der Waals surface area contributed by atoms with Crippen molar-refractivity contribution in [2.24, 2.45) is 0 Å². The van der Waals surface area contributed by atoms with Crippen LogP contribution in [-0.4, -0.2) is 15.8 Å². The number of aromatic nitrogens is 1. The van der Waals surface area contributed by atoms with Gasteiger partial charge in [-0.05, 0) is 12.1 Å². The lowest BCUT2D eigenvalue weighted by atomic mass is 10.3. The second-order valence-electron chi connectivity index (χ2n) is 3.70. The molecule has 5 heteroatoms. The van der Waals surface area contributed by atoms with Gasteiger partial charge in [-0.2, -0.15) is 0 Å². The molecule has 1 N–H and O–H groups in total. The highest BCUT2D eigenvalue weighted by Crippen LogP contribution is 2.40. The van der Waals surface area contributed by atoms with Crippen LogP contribution in [0, 0.1) is 0 Å². The second kappa shape index (κ2) is 4.68. The Morgan fingerprint density at radius 3 is 3.12 bits per heavy atom. The van der Waals surface area contributed by atoms with E-state index in [0.29, 0.717) is 0 Å². The Labute approximate surface area is 107 Å². The fraction of sp³-hybridized carbons (Fsp3) is 0.250. The summed E-state index contributed by atoms with van der Waals surface area (Å²) in [5.74, 6) is 1.80. The largest absolute Gasteiger partial charge is 0.481 e. The van der Waals surface area contributed by atoms with Crippen molar-refractivity contribution in [3.8, 4) is 5.75 Å². The smallest absolute Gasteiger partial charge is 0.159 e. The Kier molecular flexibility index (Phi) is 3.05. The molecule has 1 aromatic carbocycles. The molecule has 0 bridgehead atoms. The zero-order valence-corrected chi connectivity index (χ0v) is 10.6. The maximum Gasteiger partial charge on any atom is 0.159 e. The van der Waals surface area contributed by atoms with Crippen LogP contribution in [0.3, 0.4) is 0 Å². The summed E-state index contributed by atoms with van der Waals surface area (Å²) in [6, 6.07) is 8.04. The summed E-state index contributed by atoms with van der Waals surface area (Å²) in [6.45, 7) is -0.00699. The van der Waals surface area contributed by atoms with Gasteiger partial charge < -0.3 is 9.84 Å². The average Bonchev–Trinajstić information content (AvgIpc) is 2.87. The number of rotatable bonds is 2. The lowest BCUT2D eigenvalue weighted by Crippen LogP contribution is -2.14. The van der Waals surface area contributed by atoms with Crippen molar-refractivity contribution in [2.75, 3.05) is 5.75 Å². The number of ether oxygens (including phenoxy) is 1. The molecular formula is C12H11NO2S2. The van der Waals surface area contributed by atoms with Crippen molar-refractivity contribution in [3.05, 3.63) is 40.3 Å². The minimum atomic E-state index is -0.00699. The van der Waals surface area contributed by atoms with Crippen molar-refractivity contribution in [1.29, 1.82) is 0 Å². The van der Waals surface area contributed by atoms with E-state index in [-0.39, 0.29) is 12.7 Å². The van der Waals surface area contributed by atoms with Crippen molar-refractivity contribution in [1.82, 2.24) is 4.98 Å². The second-order valence-corrected chi connectivity index (χ2v) is 5.65. The van der Waals surface area contributed by atoms with E-state index < -0.39 is 0 Å². The number of para-hydroxylation sites is 1. The van der Waals surface area contributed by atoms with Gasteiger partial charge in [0.25, 0.3) is 0 Å². The topological polar surface area (TPSA) is 42.4 Å². The Morgan fingerprint density at radius 2 is 2.29 bits per heavy atom. The highest BCUT2D eigenvalue weighted by atomic mass is 32.2. The van der Waals surface area contributed by atoms with E-state index in [0.717, 1.165) is 22.2 Å². The molecule has 88 valence electrons. The first-order valence-electron chi connectivity index (χ1n) is 5.30. The molecule has 0 amide bonds. The number of fused-ring (bicyclic) bond motifs is 1. The van der Waals surface area contributed by atoms with Crippen LogP contribution >= 0.6 is 23.1 Å². The van der Waals surface area contributed by atoms with Crippen LogP contribution < -0.4 is 4.74 Å². The van der Waals surface area contributed by atoms with Gasteiger partial charge in [0.15, 0.2) is 6.10 Å². The summed E-state index contributed by atoms with van der Waals surface area (Å²) < 4.78 is 5.92. The van der Waals surface area contributed by atoms with Crippen molar-refractivity contribution < 1.29 is 9.84 Å². The van der Waals surface area contributed by atoms with Gasteiger partial charge in [0.2, 0.25) is 0 Å². The molecule has 1 unspecified atom stereocenters. The molecule has 2 heterocycles. The Morgan fingerprint density at radius 1 is 1.41 bits per heavy atom. The molecule has 3 nitrogen and oxygen atoms in total. The number of nitrogens with zero attached hydrogens (tertiary/aromatic N) is 1. The minimum absolute atomic E-state index is 0.000185. The predicted molar refractivity (Wildman–Crippen MR) is 68.6 cm³/mol. The zero-order chi connectivity index (χ0) is 11.7. The quantitative estimate of drug-likeness (QED) is 0.906. The third-order valence-corrected chi connectivity index (χ3v) is 4.62. The van der Waals surface area contributed by atoms with Gasteiger partial charge >= 0.3 is 0 Å². The summed E-state index contributed by atoms with van der Waals surface area (Å²) in [5, 5.41) is 11.8. The minimum Gasteiger partial charge on any atom is -0.481 e. The van der Waals surface area contributed by atoms with Crippen LogP contribution in [0.15, 0.2) is 34.5 Å². The monoisotopic (exact) mass is 265 g/mol. The number of hydrogen-bond acceptors (Lipinski definition) is 5. The molecule has 1 aliphatic rings. The molecule has 0 fully saturated rings. The molecular weight excluding hydrogens is 254 g/mol. The maximum absolute atomic E-state index is 9.01. The Bertz CT molecular complexity index is 527. The van der Waals surface area contributed by atoms with E-state index in [1.54, 1.807) is 23.1 Å². The molecule has 1 aromatic heterocycles. The zero-order valence-electron chi connectivity index (χ0n) is 9.00. The summed E-state index contributed by atoms with van der Waals surface area (Å²) >= 11 is 3.33. The van der Waals surface area contributed by atoms with E-state index in [1.165, 1.54) is 4.90 Å². The van der Waals surface area contributed by atoms with Gasteiger partial charge in [-0.25, -0.2) is 4.98 Å². The highest BCUT2D eigenvalue weighted by molar-refractivity contribution is 7.99. The van der Waals surface area contributed by atoms with E-state index in [9.17, 15) is 0 Å². The van der Waals surface area contributed by atoms with Crippen molar-refractivity contribution in [3.63, 3.8) is 0 Å². The average molecular weight is 265 g/mol. The van der Waals surface area contributed by atoms with E-state index in [4.69, 9.17) is 9.84 Å². The van der Waals surface area contributed by atoms with Gasteiger partial charge in [0.1, 0.15) is 10.8 Å². The van der Waals surface area contributed by atoms with Gasteiger partial charge in [-0.3, -0.25) is 0 Å². The lowest BCUT2D eigenvalue weighted by molar-refractivity contribution is 0.218. The summed E-state index contributed by atoms with van der Waals surface area (Å²) in [6.07, 6.45) is 0.000185. The molecule has 2 aromatic rings. The summed E-state index contributed by atoms with van der Waals surface area (Å²) in [5.41, 5.74) is 0.720. The standard InChI is InChI=1S/C12H11NO2S2/c14-5-8-6-17-12(13-8)10-7-16-11-4-2-1-3-9(11)15-10/h1-4,6,10,14H,5,7H2. The number of benzene rings is 1. The third kappa shape index (κ3) is 2.18. The van der Waals surface area contributed by atoms with Gasteiger partial charge in [0, 0.05) is 16.0 Å². The number of hydrogen-bond donors (Lipinski definition) is 1. The number of thioether (sulfide) groups is 1. The number of thiazole rings is 1. The van der Waals surface area contributed by atoms with Gasteiger partial charge in [-0.1, -0.05) is 12.1 Å². The number of aliphatic hydroxyl groups is 1. The SMILES string of the molecule is OCc1csc(C2CSc3ccccc3O2)n1. The van der Waals surface area contributed by atoms with Crippen LogP contribution in [0.4, 0.5) is 0 Å². The van der Waals surface area contributed by atoms with Crippen LogP contribution in [0.5, 0.6) is 5.75 Å². The van der Waals surface area contributed by atoms with Crippen LogP contribution in [0.2, 0.25) is 0 Å². The molecule has 0 aliphatic carbocycles. The fourth-order valence-corrected chi connectivity index (χ4v) is 3.62. The maximum atomic E-state index is 9.01. The normalized spacial score (nSPS) is 18.5. The van der Waals surface area contributed by atoms with Crippen LogP contribution in [-0.2, 0) is 6.61 Å². The first-order chi connectivity index (χ1) is 8.36. The van der Waals surface area contributed by atoms with Crippen LogP contribution in [0.1, 0.15) is 16.8 Å².